The number of benzene rings is 9. The molecule has 0 saturated carbocycles. The zero-order valence-electron chi connectivity index (χ0n) is 35.9. The molecular weight excluding hydrogens is 1000 g/mol. The number of rotatable bonds is 8. The minimum atomic E-state index is 0.732. The van der Waals surface area contributed by atoms with E-state index in [0.717, 1.165) is 121 Å². The second kappa shape index (κ2) is 16.0. The summed E-state index contributed by atoms with van der Waals surface area (Å²) in [5, 5.41) is 4.47. The first-order valence-corrected chi connectivity index (χ1v) is 23.4. The quantitative estimate of drug-likeness (QED) is 0.152. The molecule has 0 aliphatic heterocycles. The molecule has 7 heteroatoms. The minimum absolute atomic E-state index is 0.732. The predicted octanol–water partition coefficient (Wildman–Crippen LogP) is 15.7. The normalized spacial score (nSPS) is 11.7. The molecule has 0 spiro atoms. The Morgan fingerprint density at radius 1 is 0.403 bits per heavy atom. The first kappa shape index (κ1) is 39.1. The van der Waals surface area contributed by atoms with Gasteiger partial charge in [-0.15, -0.1) is 0 Å². The molecule has 13 aromatic rings. The van der Waals surface area contributed by atoms with E-state index < -0.39 is 0 Å². The molecular formula is C60H38N4O2Pt. The molecule has 67 heavy (non-hydrogen) atoms. The van der Waals surface area contributed by atoms with E-state index in [0.29, 0.717) is 0 Å². The van der Waals surface area contributed by atoms with Crippen LogP contribution in [0.1, 0.15) is 0 Å². The summed E-state index contributed by atoms with van der Waals surface area (Å²) >= 11 is 2.49. The second-order valence-corrected chi connectivity index (χ2v) is 17.7. The third kappa shape index (κ3) is 6.52. The summed E-state index contributed by atoms with van der Waals surface area (Å²) < 4.78 is 21.0. The van der Waals surface area contributed by atoms with Crippen LogP contribution in [0, 0.1) is 3.80 Å². The molecule has 0 aliphatic carbocycles. The summed E-state index contributed by atoms with van der Waals surface area (Å²) in [6.07, 6.45) is 1.97. The molecule has 0 unspecified atom stereocenters. The number of hydrogen-bond acceptors (Lipinski definition) is 3. The first-order chi connectivity index (χ1) is 33.2. The van der Waals surface area contributed by atoms with Crippen molar-refractivity contribution in [3.05, 3.63) is 234 Å². The van der Waals surface area contributed by atoms with E-state index >= 15 is 0 Å². The van der Waals surface area contributed by atoms with Crippen molar-refractivity contribution in [2.75, 3.05) is 0 Å². The molecule has 4 heterocycles. The van der Waals surface area contributed by atoms with Gasteiger partial charge in [-0.25, -0.2) is 0 Å². The van der Waals surface area contributed by atoms with Gasteiger partial charge in [-0.2, -0.15) is 0 Å². The van der Waals surface area contributed by atoms with Crippen LogP contribution in [0.5, 0.6) is 11.5 Å². The van der Waals surface area contributed by atoms with Crippen molar-refractivity contribution in [2.24, 2.45) is 0 Å². The van der Waals surface area contributed by atoms with E-state index in [2.05, 4.69) is 227 Å². The molecule has 0 amide bonds. The average Bonchev–Trinajstić information content (AvgIpc) is 4.03. The predicted molar refractivity (Wildman–Crippen MR) is 268 cm³/mol. The van der Waals surface area contributed by atoms with Crippen molar-refractivity contribution in [3.63, 3.8) is 0 Å². The number of imidazole rings is 1. The van der Waals surface area contributed by atoms with Crippen LogP contribution in [0.4, 0.5) is 0 Å². The van der Waals surface area contributed by atoms with Gasteiger partial charge in [-0.3, -0.25) is 0 Å². The van der Waals surface area contributed by atoms with Gasteiger partial charge in [0.25, 0.3) is 0 Å². The maximum absolute atomic E-state index is 6.81. The molecule has 4 aromatic heterocycles. The first-order valence-electron chi connectivity index (χ1n) is 22.3. The van der Waals surface area contributed by atoms with Crippen LogP contribution < -0.4 is 4.74 Å². The van der Waals surface area contributed by atoms with Crippen LogP contribution in [0.2, 0.25) is 0 Å². The number of fused-ring (bicyclic) bond motifs is 7. The zero-order chi connectivity index (χ0) is 44.4. The topological polar surface area (TPSA) is 50.1 Å². The van der Waals surface area contributed by atoms with E-state index in [4.69, 9.17) is 14.1 Å². The van der Waals surface area contributed by atoms with Gasteiger partial charge in [0, 0.05) is 22.5 Å². The summed E-state index contributed by atoms with van der Waals surface area (Å²) in [6.45, 7) is 0. The number of aromatic nitrogens is 4. The summed E-state index contributed by atoms with van der Waals surface area (Å²) in [5.74, 6) is 2.29. The van der Waals surface area contributed by atoms with Crippen LogP contribution in [0.25, 0.3) is 105 Å². The monoisotopic (exact) mass is 1040 g/mol. The van der Waals surface area contributed by atoms with E-state index in [9.17, 15) is 0 Å². The van der Waals surface area contributed by atoms with Gasteiger partial charge in [0.15, 0.2) is 0 Å². The molecule has 6 nitrogen and oxygen atoms in total. The van der Waals surface area contributed by atoms with Gasteiger partial charge in [0.05, 0.1) is 0 Å². The average molecular weight is 1040 g/mol. The van der Waals surface area contributed by atoms with Crippen molar-refractivity contribution in [1.29, 1.82) is 0 Å². The number of para-hydroxylation sites is 5. The van der Waals surface area contributed by atoms with Gasteiger partial charge in [0.1, 0.15) is 11.2 Å². The fraction of sp³-hybridized carbons (Fsp3) is 0. The Balaban J connectivity index is 0.901. The molecule has 0 N–H and O–H groups in total. The molecule has 0 aliphatic rings. The number of hydrogen-bond donors (Lipinski definition) is 0. The number of ether oxygens (including phenoxy) is 1. The van der Waals surface area contributed by atoms with Crippen molar-refractivity contribution >= 4 is 54.8 Å². The van der Waals surface area contributed by atoms with Crippen LogP contribution in [-0.2, 0) is 19.4 Å². The fourth-order valence-electron chi connectivity index (χ4n) is 9.83. The Morgan fingerprint density at radius 2 is 1.00 bits per heavy atom. The van der Waals surface area contributed by atoms with Crippen LogP contribution in [0.3, 0.4) is 0 Å². The van der Waals surface area contributed by atoms with Crippen LogP contribution >= 0.6 is 0 Å². The second-order valence-electron chi connectivity index (χ2n) is 16.6. The van der Waals surface area contributed by atoms with Gasteiger partial charge in [-0.1, -0.05) is 42.5 Å². The van der Waals surface area contributed by atoms with Crippen molar-refractivity contribution in [2.45, 2.75) is 0 Å². The third-order valence-electron chi connectivity index (χ3n) is 12.8. The number of pyridine rings is 1. The summed E-state index contributed by atoms with van der Waals surface area (Å²) in [6, 6.07) is 78.5. The molecule has 320 valence electrons. The molecule has 0 atom stereocenters. The SMILES string of the molecule is [Pt]=[c]1n(-c2cccc(Oc3ccc4c5ccccc5n(-c5ccc(-c6cccc7oc8ccccc8c67)cn5)c4c3)c2)c2ccccc2n1-c1c(-c2ccccc2)cccc1-c1ccccc1. The molecule has 13 rings (SSSR count). The van der Waals surface area contributed by atoms with E-state index in [-0.39, 0.29) is 0 Å². The number of nitrogens with zero attached hydrogens (tertiary/aromatic N) is 4. The maximum atomic E-state index is 6.81. The molecule has 9 aromatic carbocycles. The van der Waals surface area contributed by atoms with Gasteiger partial charge in [-0.05, 0) is 23.8 Å². The summed E-state index contributed by atoms with van der Waals surface area (Å²) in [7, 11) is 0. The Kier molecular flexibility index (Phi) is 9.33. The van der Waals surface area contributed by atoms with Crippen LogP contribution in [-0.4, -0.2) is 18.7 Å². The van der Waals surface area contributed by atoms with Crippen LogP contribution in [0.15, 0.2) is 235 Å². The Hall–Kier alpha value is -8.31. The Bertz CT molecular complexity index is 4030. The molecule has 0 radical (unpaired) electrons. The molecule has 0 bridgehead atoms. The van der Waals surface area contributed by atoms with E-state index in [1.54, 1.807) is 0 Å². The van der Waals surface area contributed by atoms with Gasteiger partial charge < -0.3 is 4.42 Å². The zero-order valence-corrected chi connectivity index (χ0v) is 38.1. The fourth-order valence-corrected chi connectivity index (χ4v) is 10.9. The van der Waals surface area contributed by atoms with E-state index in [1.807, 2.05) is 36.5 Å². The molecule has 0 fully saturated rings. The van der Waals surface area contributed by atoms with Crippen molar-refractivity contribution < 1.29 is 28.5 Å². The standard InChI is InChI=1S/C60H38N4O2.Pt/c1-3-16-40(17-4-1)47-25-14-26-48(41-18-5-2-6-19-41)60(47)63-39-62(53-28-10-11-29-54(53)63)43-20-13-21-44(36-43)65-45-33-34-50-49-22-7-9-27-52(49)64(55(50)37-45)58-35-32-42(38-61-58)46-24-15-31-57-59(46)51-23-8-12-30-56(51)66-57;/h1-38H;. The number of furan rings is 1. The van der Waals surface area contributed by atoms with Gasteiger partial charge >= 0.3 is 294 Å². The summed E-state index contributed by atoms with van der Waals surface area (Å²) in [5.41, 5.74) is 14.9. The molecule has 0 saturated heterocycles. The van der Waals surface area contributed by atoms with E-state index in [1.165, 1.54) is 0 Å². The Labute approximate surface area is 396 Å². The summed E-state index contributed by atoms with van der Waals surface area (Å²) in [4.78, 5) is 5.12. The van der Waals surface area contributed by atoms with Gasteiger partial charge in [0.2, 0.25) is 0 Å². The third-order valence-corrected chi connectivity index (χ3v) is 13.8. The van der Waals surface area contributed by atoms with Crippen molar-refractivity contribution in [3.8, 4) is 62.1 Å². The van der Waals surface area contributed by atoms with Crippen molar-refractivity contribution in [1.82, 2.24) is 18.7 Å². The Morgan fingerprint density at radius 3 is 1.75 bits per heavy atom.